The van der Waals surface area contributed by atoms with Crippen LogP contribution in [0.1, 0.15) is 98.3 Å². The molecule has 0 bridgehead atoms. The van der Waals surface area contributed by atoms with Gasteiger partial charge in [-0.25, -0.2) is 0 Å². The van der Waals surface area contributed by atoms with Gasteiger partial charge in [-0.1, -0.05) is 67.7 Å². The summed E-state index contributed by atoms with van der Waals surface area (Å²) in [5.41, 5.74) is 12.0. The van der Waals surface area contributed by atoms with Gasteiger partial charge in [0, 0.05) is 23.1 Å². The summed E-state index contributed by atoms with van der Waals surface area (Å²) < 4.78 is 5.77. The summed E-state index contributed by atoms with van der Waals surface area (Å²) in [4.78, 5) is 26.2. The minimum atomic E-state index is -0.598. The number of rotatable bonds is 12. The Balaban J connectivity index is 1.36. The van der Waals surface area contributed by atoms with E-state index in [1.807, 2.05) is 13.8 Å². The van der Waals surface area contributed by atoms with E-state index in [-0.39, 0.29) is 29.7 Å². The minimum absolute atomic E-state index is 0.118. The Hall–Kier alpha value is -3.62. The van der Waals surface area contributed by atoms with E-state index in [0.29, 0.717) is 36.0 Å². The number of nitrogens with zero attached hydrogens (tertiary/aromatic N) is 4. The van der Waals surface area contributed by atoms with E-state index >= 15 is 0 Å². The molecule has 2 N–H and O–H groups in total. The third kappa shape index (κ3) is 8.76. The molecule has 10 heteroatoms. The van der Waals surface area contributed by atoms with Crippen LogP contribution >= 0.6 is 0 Å². The number of allylic oxidation sites excluding steroid dienone is 4. The largest absolute Gasteiger partial charge is 0.461 e. The van der Waals surface area contributed by atoms with Gasteiger partial charge in [-0.3, -0.25) is 14.9 Å². The zero-order valence-electron chi connectivity index (χ0n) is 27.3. The van der Waals surface area contributed by atoms with Gasteiger partial charge in [-0.2, -0.15) is 0 Å². The number of carbonyl (C=O) groups is 1. The van der Waals surface area contributed by atoms with Crippen LogP contribution in [0.5, 0.6) is 0 Å². The van der Waals surface area contributed by atoms with Crippen molar-refractivity contribution in [2.24, 2.45) is 28.3 Å². The Morgan fingerprint density at radius 3 is 2.82 bits per heavy atom. The molecule has 3 saturated carbocycles. The number of anilines is 1. The van der Waals surface area contributed by atoms with Gasteiger partial charge in [0.2, 0.25) is 0 Å². The predicted octanol–water partition coefficient (Wildman–Crippen LogP) is 9.25. The first kappa shape index (κ1) is 34.3. The summed E-state index contributed by atoms with van der Waals surface area (Å²) in [5, 5.41) is 27.8. The first-order valence-electron chi connectivity index (χ1n) is 16.4. The Bertz CT molecular complexity index is 1390. The highest BCUT2D eigenvalue weighted by Crippen LogP contribution is 2.60. The lowest BCUT2D eigenvalue weighted by molar-refractivity contribution is -0.383. The normalized spacial score (nSPS) is 27.5. The molecule has 0 unspecified atom stereocenters. The standard InChI is InChI=1S/C35H49N5O5/c1-23-10-14-28(45-33(41)22-37-31-17-13-27(38-39-36)21-32(31)40(43)44)20-26(23)12-11-25-9-7-19-35(5)29(15-16-30(25)35)24(2)8-6-18-34(3,4)42/h11-13,17,21,24,28-30,37,42H,1,6-10,14-16,18-20,22H2,2-5H3/b25-11+,26-12-/t24-,28+,29-,30+,35-/m1/s1. The highest BCUT2D eigenvalue weighted by molar-refractivity contribution is 5.77. The van der Waals surface area contributed by atoms with Crippen LogP contribution in [0.25, 0.3) is 10.4 Å². The molecule has 10 nitrogen and oxygen atoms in total. The number of nitro benzene ring substituents is 1. The van der Waals surface area contributed by atoms with E-state index in [4.69, 9.17) is 10.3 Å². The maximum atomic E-state index is 12.7. The van der Waals surface area contributed by atoms with Crippen molar-refractivity contribution in [1.82, 2.24) is 0 Å². The third-order valence-corrected chi connectivity index (χ3v) is 10.4. The maximum Gasteiger partial charge on any atom is 0.325 e. The number of benzene rings is 1. The lowest BCUT2D eigenvalue weighted by Crippen LogP contribution is -2.36. The van der Waals surface area contributed by atoms with Gasteiger partial charge in [-0.15, -0.1) is 0 Å². The van der Waals surface area contributed by atoms with Crippen molar-refractivity contribution < 1.29 is 19.6 Å². The van der Waals surface area contributed by atoms with Crippen molar-refractivity contribution in [3.63, 3.8) is 0 Å². The van der Waals surface area contributed by atoms with Gasteiger partial charge < -0.3 is 15.2 Å². The summed E-state index contributed by atoms with van der Waals surface area (Å²) in [6.45, 7) is 12.8. The van der Waals surface area contributed by atoms with Gasteiger partial charge in [0.25, 0.3) is 5.69 Å². The quantitative estimate of drug-likeness (QED) is 0.0594. The number of carbonyl (C=O) groups excluding carboxylic acids is 1. The fourth-order valence-electron chi connectivity index (χ4n) is 8.08. The summed E-state index contributed by atoms with van der Waals surface area (Å²) in [5.74, 6) is 1.45. The van der Waals surface area contributed by atoms with E-state index in [1.165, 1.54) is 43.4 Å². The smallest absolute Gasteiger partial charge is 0.325 e. The molecule has 0 saturated heterocycles. The number of fused-ring (bicyclic) bond motifs is 1. The highest BCUT2D eigenvalue weighted by Gasteiger charge is 2.50. The van der Waals surface area contributed by atoms with Gasteiger partial charge in [0.05, 0.1) is 10.5 Å². The second-order valence-electron chi connectivity index (χ2n) is 14.2. The predicted molar refractivity (Wildman–Crippen MR) is 177 cm³/mol. The molecule has 1 aromatic carbocycles. The molecule has 244 valence electrons. The van der Waals surface area contributed by atoms with Crippen LogP contribution in [0.3, 0.4) is 0 Å². The van der Waals surface area contributed by atoms with Crippen molar-refractivity contribution in [2.75, 3.05) is 11.9 Å². The van der Waals surface area contributed by atoms with Crippen LogP contribution in [-0.2, 0) is 9.53 Å². The molecule has 1 aromatic rings. The summed E-state index contributed by atoms with van der Waals surface area (Å²) >= 11 is 0. The van der Waals surface area contributed by atoms with Crippen LogP contribution in [0, 0.1) is 33.3 Å². The number of aliphatic hydroxyl groups is 1. The Labute approximate surface area is 266 Å². The molecule has 0 amide bonds. The molecule has 0 radical (unpaired) electrons. The molecule has 45 heavy (non-hydrogen) atoms. The van der Waals surface area contributed by atoms with Crippen LogP contribution in [-0.4, -0.2) is 34.2 Å². The summed E-state index contributed by atoms with van der Waals surface area (Å²) in [7, 11) is 0. The average Bonchev–Trinajstić information content (AvgIpc) is 3.33. The van der Waals surface area contributed by atoms with Crippen molar-refractivity contribution in [3.8, 4) is 0 Å². The van der Waals surface area contributed by atoms with Gasteiger partial charge >= 0.3 is 5.97 Å². The average molecular weight is 620 g/mol. The monoisotopic (exact) mass is 619 g/mol. The fraction of sp³-hybridized carbons (Fsp3) is 0.629. The number of azide groups is 1. The van der Waals surface area contributed by atoms with E-state index in [2.05, 4.69) is 47.9 Å². The zero-order chi connectivity index (χ0) is 32.8. The lowest BCUT2D eigenvalue weighted by Gasteiger charge is -2.44. The van der Waals surface area contributed by atoms with Crippen LogP contribution in [0.2, 0.25) is 0 Å². The third-order valence-electron chi connectivity index (χ3n) is 10.4. The number of hydrogen-bond acceptors (Lipinski definition) is 7. The first-order valence-corrected chi connectivity index (χ1v) is 16.4. The molecular weight excluding hydrogens is 570 g/mol. The van der Waals surface area contributed by atoms with Gasteiger partial charge in [0.1, 0.15) is 18.3 Å². The van der Waals surface area contributed by atoms with Crippen molar-refractivity contribution in [2.45, 2.75) is 110 Å². The Morgan fingerprint density at radius 1 is 1.33 bits per heavy atom. The molecular formula is C35H49N5O5. The number of esters is 1. The molecule has 5 atom stereocenters. The van der Waals surface area contributed by atoms with Crippen LogP contribution < -0.4 is 5.32 Å². The molecule has 3 fully saturated rings. The van der Waals surface area contributed by atoms with E-state index in [1.54, 1.807) is 0 Å². The molecule has 3 aliphatic rings. The summed E-state index contributed by atoms with van der Waals surface area (Å²) in [6.07, 6.45) is 15.4. The van der Waals surface area contributed by atoms with Crippen LogP contribution in [0.4, 0.5) is 17.1 Å². The van der Waals surface area contributed by atoms with Crippen molar-refractivity contribution >= 4 is 23.0 Å². The van der Waals surface area contributed by atoms with Crippen molar-refractivity contribution in [1.29, 1.82) is 0 Å². The second kappa shape index (κ2) is 14.6. The van der Waals surface area contributed by atoms with E-state index in [0.717, 1.165) is 49.3 Å². The topological polar surface area (TPSA) is 150 Å². The van der Waals surface area contributed by atoms with Gasteiger partial charge in [0.15, 0.2) is 0 Å². The SMILES string of the molecule is C=C1CC[C@H](OC(=O)CNc2ccc(N=[N+]=[N-])cc2[N+](=O)[O-])C/C1=C/C=C1\CCC[C@]2(C)[C@@H]([C@H](C)CCCC(C)(C)O)CC[C@@H]12. The second-order valence-corrected chi connectivity index (χ2v) is 14.2. The number of hydrogen-bond donors (Lipinski definition) is 2. The molecule has 0 aliphatic heterocycles. The molecule has 0 aromatic heterocycles. The number of nitro groups is 1. The fourth-order valence-corrected chi connectivity index (χ4v) is 8.08. The number of nitrogens with one attached hydrogen (secondary N) is 1. The van der Waals surface area contributed by atoms with E-state index < -0.39 is 16.5 Å². The highest BCUT2D eigenvalue weighted by atomic mass is 16.6. The molecule has 0 heterocycles. The first-order chi connectivity index (χ1) is 21.3. The zero-order valence-corrected chi connectivity index (χ0v) is 27.3. The molecule has 3 aliphatic carbocycles. The van der Waals surface area contributed by atoms with Crippen molar-refractivity contribution in [3.05, 3.63) is 74.2 Å². The molecule has 0 spiro atoms. The Morgan fingerprint density at radius 2 is 2.11 bits per heavy atom. The maximum absolute atomic E-state index is 12.7. The minimum Gasteiger partial charge on any atom is -0.461 e. The molecule has 4 rings (SSSR count). The Kier molecular flexibility index (Phi) is 11.2. The van der Waals surface area contributed by atoms with E-state index in [9.17, 15) is 20.0 Å². The van der Waals surface area contributed by atoms with Gasteiger partial charge in [-0.05, 0) is 106 Å². The number of ether oxygens (including phenoxy) is 1. The summed E-state index contributed by atoms with van der Waals surface area (Å²) in [6, 6.07) is 4.02. The lowest BCUT2D eigenvalue weighted by atomic mass is 9.60. The van der Waals surface area contributed by atoms with Crippen LogP contribution in [0.15, 0.2) is 58.8 Å².